The van der Waals surface area contributed by atoms with Gasteiger partial charge in [0.15, 0.2) is 5.76 Å². The standard InChI is InChI=1S/C14H17N3O5Si/c1-23(2,3)22-12(13(16-15)14(18)19)9-8-10-6-4-5-7-11(10)17(20)21/h4-7,9H,8H2,1-3H3,(H,18,19)/b12-9-. The molecule has 0 aromatic heterocycles. The minimum absolute atomic E-state index is 0.0727. The number of carboxylic acid groups (broad SMARTS) is 1. The van der Waals surface area contributed by atoms with Gasteiger partial charge in [-0.2, -0.15) is 4.79 Å². The largest absolute Gasteiger partial charge is 0.539 e. The summed E-state index contributed by atoms with van der Waals surface area (Å²) in [6.07, 6.45) is 1.45. The first-order valence-electron chi connectivity index (χ1n) is 6.73. The second-order valence-corrected chi connectivity index (χ2v) is 10.1. The molecule has 0 aliphatic carbocycles. The monoisotopic (exact) mass is 335 g/mol. The third-order valence-corrected chi connectivity index (χ3v) is 3.48. The smallest absolute Gasteiger partial charge is 0.438 e. The second kappa shape index (κ2) is 7.48. The van der Waals surface area contributed by atoms with Crippen LogP contribution in [-0.4, -0.2) is 34.8 Å². The molecule has 0 aliphatic heterocycles. The molecule has 1 rings (SSSR count). The first-order chi connectivity index (χ1) is 10.7. The molecule has 0 fully saturated rings. The van der Waals surface area contributed by atoms with Crippen LogP contribution in [0.3, 0.4) is 0 Å². The van der Waals surface area contributed by atoms with Crippen molar-refractivity contribution in [1.29, 1.82) is 0 Å². The summed E-state index contributed by atoms with van der Waals surface area (Å²) in [6, 6.07) is 6.12. The molecular weight excluding hydrogens is 318 g/mol. The van der Waals surface area contributed by atoms with E-state index in [0.29, 0.717) is 5.56 Å². The Morgan fingerprint density at radius 2 is 2.04 bits per heavy atom. The highest BCUT2D eigenvalue weighted by Crippen LogP contribution is 2.20. The summed E-state index contributed by atoms with van der Waals surface area (Å²) >= 11 is 0. The Morgan fingerprint density at radius 3 is 2.52 bits per heavy atom. The highest BCUT2D eigenvalue weighted by Gasteiger charge is 2.31. The summed E-state index contributed by atoms with van der Waals surface area (Å²) in [5.41, 5.74) is 8.59. The summed E-state index contributed by atoms with van der Waals surface area (Å²) in [4.78, 5) is 24.4. The van der Waals surface area contributed by atoms with E-state index in [9.17, 15) is 14.9 Å². The van der Waals surface area contributed by atoms with Crippen LogP contribution in [0.5, 0.6) is 0 Å². The predicted molar refractivity (Wildman–Crippen MR) is 85.6 cm³/mol. The third kappa shape index (κ3) is 5.49. The fraction of sp³-hybridized carbons (Fsp3) is 0.286. The number of nitro groups is 1. The molecule has 0 aliphatic rings. The topological polar surface area (TPSA) is 126 Å². The quantitative estimate of drug-likeness (QED) is 0.156. The SMILES string of the molecule is C[Si](C)(C)O/C(=C\Cc1ccccc1[N+](=O)[O-])C(=[N+]=[N-])C(=O)O. The fourth-order valence-corrected chi connectivity index (χ4v) is 2.62. The van der Waals surface area contributed by atoms with Crippen LogP contribution in [0.15, 0.2) is 36.1 Å². The summed E-state index contributed by atoms with van der Waals surface area (Å²) in [7, 11) is -2.18. The number of benzene rings is 1. The molecule has 0 bridgehead atoms. The van der Waals surface area contributed by atoms with Crippen LogP contribution in [0.1, 0.15) is 5.56 Å². The molecule has 9 heteroatoms. The maximum absolute atomic E-state index is 11.1. The molecule has 0 amide bonds. The highest BCUT2D eigenvalue weighted by atomic mass is 28.4. The van der Waals surface area contributed by atoms with Gasteiger partial charge >= 0.3 is 11.7 Å². The molecule has 0 heterocycles. The Kier molecular flexibility index (Phi) is 5.94. The van der Waals surface area contributed by atoms with Crippen LogP contribution in [-0.2, 0) is 15.6 Å². The number of carbonyl (C=O) groups is 1. The molecule has 122 valence electrons. The van der Waals surface area contributed by atoms with Crippen LogP contribution >= 0.6 is 0 Å². The van der Waals surface area contributed by atoms with E-state index in [4.69, 9.17) is 15.1 Å². The summed E-state index contributed by atoms with van der Waals surface area (Å²) in [5, 5.41) is 20.1. The van der Waals surface area contributed by atoms with E-state index in [1.807, 2.05) is 19.6 Å². The minimum atomic E-state index is -2.18. The maximum Gasteiger partial charge on any atom is 0.438 e. The van der Waals surface area contributed by atoms with E-state index in [0.717, 1.165) is 0 Å². The summed E-state index contributed by atoms with van der Waals surface area (Å²) < 4.78 is 5.63. The van der Waals surface area contributed by atoms with Crippen LogP contribution in [0.2, 0.25) is 19.6 Å². The summed E-state index contributed by atoms with van der Waals surface area (Å²) in [5.74, 6) is -1.54. The Bertz CT molecular complexity index is 703. The number of hydrogen-bond donors (Lipinski definition) is 1. The molecule has 0 saturated carbocycles. The molecule has 0 saturated heterocycles. The molecule has 0 spiro atoms. The van der Waals surface area contributed by atoms with E-state index >= 15 is 0 Å². The van der Waals surface area contributed by atoms with Gasteiger partial charge in [-0.15, -0.1) is 0 Å². The Labute approximate surface area is 133 Å². The molecule has 1 N–H and O–H groups in total. The van der Waals surface area contributed by atoms with Gasteiger partial charge in [0.1, 0.15) is 0 Å². The van der Waals surface area contributed by atoms with Gasteiger partial charge < -0.3 is 15.1 Å². The van der Waals surface area contributed by atoms with Gasteiger partial charge in [-0.1, -0.05) is 18.2 Å². The van der Waals surface area contributed by atoms with Gasteiger partial charge in [0.2, 0.25) is 8.32 Å². The number of para-hydroxylation sites is 1. The second-order valence-electron chi connectivity index (χ2n) is 5.63. The number of hydrogen-bond acceptors (Lipinski definition) is 4. The Hall–Kier alpha value is -2.77. The Morgan fingerprint density at radius 1 is 1.43 bits per heavy atom. The van der Waals surface area contributed by atoms with E-state index < -0.39 is 24.9 Å². The first kappa shape index (κ1) is 18.3. The van der Waals surface area contributed by atoms with Crippen molar-refractivity contribution in [3.05, 3.63) is 57.3 Å². The zero-order valence-corrected chi connectivity index (χ0v) is 14.0. The van der Waals surface area contributed by atoms with Gasteiger partial charge in [-0.3, -0.25) is 10.1 Å². The number of aliphatic carboxylic acids is 1. The van der Waals surface area contributed by atoms with Gasteiger partial charge in [-0.25, -0.2) is 4.79 Å². The fourth-order valence-electron chi connectivity index (χ4n) is 1.78. The lowest BCUT2D eigenvalue weighted by molar-refractivity contribution is -0.385. The van der Waals surface area contributed by atoms with Crippen LogP contribution < -0.4 is 0 Å². The van der Waals surface area contributed by atoms with Crippen molar-refractivity contribution in [3.8, 4) is 0 Å². The first-order valence-corrected chi connectivity index (χ1v) is 10.1. The minimum Gasteiger partial charge on any atom is -0.539 e. The molecule has 0 unspecified atom stereocenters. The van der Waals surface area contributed by atoms with Gasteiger partial charge in [0.05, 0.1) is 4.92 Å². The maximum atomic E-state index is 11.1. The lowest BCUT2D eigenvalue weighted by atomic mass is 10.1. The van der Waals surface area contributed by atoms with Crippen LogP contribution in [0.4, 0.5) is 5.69 Å². The molecule has 23 heavy (non-hydrogen) atoms. The number of allylic oxidation sites excluding steroid dienone is 1. The highest BCUT2D eigenvalue weighted by molar-refractivity contribution is 6.70. The van der Waals surface area contributed by atoms with E-state index in [-0.39, 0.29) is 17.9 Å². The zero-order valence-electron chi connectivity index (χ0n) is 13.0. The number of carboxylic acids is 1. The number of rotatable bonds is 7. The number of nitrogens with zero attached hydrogens (tertiary/aromatic N) is 3. The number of nitro benzene ring substituents is 1. The van der Waals surface area contributed by atoms with Crippen LogP contribution in [0, 0.1) is 10.1 Å². The molecular formula is C14H17N3O5Si. The van der Waals surface area contributed by atoms with E-state index in [2.05, 4.69) is 4.79 Å². The van der Waals surface area contributed by atoms with Crippen molar-refractivity contribution in [2.75, 3.05) is 0 Å². The predicted octanol–water partition coefficient (Wildman–Crippen LogP) is 2.63. The average molecular weight is 335 g/mol. The van der Waals surface area contributed by atoms with Crippen molar-refractivity contribution >= 4 is 25.7 Å². The van der Waals surface area contributed by atoms with Crippen molar-refractivity contribution in [2.45, 2.75) is 26.1 Å². The molecule has 0 atom stereocenters. The Balaban J connectivity index is 3.23. The van der Waals surface area contributed by atoms with Gasteiger partial charge in [0, 0.05) is 18.1 Å². The lowest BCUT2D eigenvalue weighted by Gasteiger charge is -2.18. The normalized spacial score (nSPS) is 11.5. The van der Waals surface area contributed by atoms with Crippen molar-refractivity contribution in [2.24, 2.45) is 0 Å². The van der Waals surface area contributed by atoms with Crippen molar-refractivity contribution < 1.29 is 24.0 Å². The van der Waals surface area contributed by atoms with Crippen molar-refractivity contribution in [1.82, 2.24) is 0 Å². The third-order valence-electron chi connectivity index (χ3n) is 2.65. The molecule has 1 aromatic carbocycles. The van der Waals surface area contributed by atoms with Crippen LogP contribution in [0.25, 0.3) is 5.53 Å². The average Bonchev–Trinajstić information content (AvgIpc) is 2.43. The van der Waals surface area contributed by atoms with Gasteiger partial charge in [-0.05, 0) is 25.7 Å². The van der Waals surface area contributed by atoms with Crippen molar-refractivity contribution in [3.63, 3.8) is 0 Å². The van der Waals surface area contributed by atoms with E-state index in [1.54, 1.807) is 18.2 Å². The molecule has 8 nitrogen and oxygen atoms in total. The van der Waals surface area contributed by atoms with Gasteiger partial charge in [0.25, 0.3) is 5.69 Å². The lowest BCUT2D eigenvalue weighted by Crippen LogP contribution is -2.30. The molecule has 0 radical (unpaired) electrons. The van der Waals surface area contributed by atoms with E-state index in [1.165, 1.54) is 12.1 Å². The summed E-state index contributed by atoms with van der Waals surface area (Å²) in [6.45, 7) is 5.51. The zero-order chi connectivity index (χ0) is 17.6. The molecule has 1 aromatic rings.